The van der Waals surface area contributed by atoms with Crippen LogP contribution in [0.3, 0.4) is 0 Å². The smallest absolute Gasteiger partial charge is 0.358 e. The number of hydrogen-bond donors (Lipinski definition) is 2. The second-order valence-electron chi connectivity index (χ2n) is 3.23. The molecule has 6 nitrogen and oxygen atoms in total. The van der Waals surface area contributed by atoms with Gasteiger partial charge in [-0.05, 0) is 13.0 Å². The number of nitrogens with one attached hydrogen (secondary N) is 1. The van der Waals surface area contributed by atoms with Crippen LogP contribution in [0.4, 0.5) is 0 Å². The zero-order chi connectivity index (χ0) is 11.8. The third kappa shape index (κ3) is 4.11. The highest BCUT2D eigenvalue weighted by molar-refractivity contribution is 5.84. The van der Waals surface area contributed by atoms with E-state index in [0.717, 1.165) is 19.4 Å². The Kier molecular flexibility index (Phi) is 5.02. The van der Waals surface area contributed by atoms with Gasteiger partial charge in [0.1, 0.15) is 0 Å². The Morgan fingerprint density at radius 3 is 3.06 bits per heavy atom. The van der Waals surface area contributed by atoms with Gasteiger partial charge in [-0.15, -0.1) is 17.4 Å². The van der Waals surface area contributed by atoms with Crippen molar-refractivity contribution >= 4 is 5.97 Å². The first kappa shape index (κ1) is 12.2. The third-order valence-electron chi connectivity index (χ3n) is 1.95. The highest BCUT2D eigenvalue weighted by Crippen LogP contribution is 1.91. The molecule has 0 fully saturated rings. The first-order chi connectivity index (χ1) is 7.74. The van der Waals surface area contributed by atoms with Crippen LogP contribution in [0.2, 0.25) is 0 Å². The van der Waals surface area contributed by atoms with Crippen LogP contribution in [0, 0.1) is 12.3 Å². The molecule has 1 heterocycles. The molecule has 0 aliphatic heterocycles. The van der Waals surface area contributed by atoms with E-state index in [-0.39, 0.29) is 5.69 Å². The standard InChI is InChI=1S/C10H14N4O2/c1-2-3-4-5-11-6-7-14-8-9(10(15)16)12-13-14/h1,8,11H,3-7H2,(H,15,16). The molecule has 0 saturated carbocycles. The minimum atomic E-state index is -1.06. The van der Waals surface area contributed by atoms with Gasteiger partial charge in [0.25, 0.3) is 0 Å². The minimum Gasteiger partial charge on any atom is -0.476 e. The van der Waals surface area contributed by atoms with Crippen molar-refractivity contribution in [2.75, 3.05) is 13.1 Å². The lowest BCUT2D eigenvalue weighted by molar-refractivity contribution is 0.0690. The van der Waals surface area contributed by atoms with Gasteiger partial charge < -0.3 is 10.4 Å². The molecular formula is C10H14N4O2. The summed E-state index contributed by atoms with van der Waals surface area (Å²) >= 11 is 0. The Labute approximate surface area is 93.7 Å². The van der Waals surface area contributed by atoms with E-state index >= 15 is 0 Å². The van der Waals surface area contributed by atoms with Gasteiger partial charge >= 0.3 is 5.97 Å². The highest BCUT2D eigenvalue weighted by Gasteiger charge is 2.07. The van der Waals surface area contributed by atoms with Crippen molar-refractivity contribution < 1.29 is 9.90 Å². The number of hydrogen-bond acceptors (Lipinski definition) is 4. The van der Waals surface area contributed by atoms with Gasteiger partial charge in [-0.1, -0.05) is 5.21 Å². The summed E-state index contributed by atoms with van der Waals surface area (Å²) in [4.78, 5) is 10.5. The summed E-state index contributed by atoms with van der Waals surface area (Å²) in [6.45, 7) is 2.16. The fourth-order valence-corrected chi connectivity index (χ4v) is 1.14. The summed E-state index contributed by atoms with van der Waals surface area (Å²) in [5, 5.41) is 19.0. The number of aromatic carboxylic acids is 1. The Bertz CT molecular complexity index is 380. The van der Waals surface area contributed by atoms with Crippen molar-refractivity contribution in [1.82, 2.24) is 20.3 Å². The molecule has 1 aromatic rings. The first-order valence-electron chi connectivity index (χ1n) is 5.01. The molecule has 16 heavy (non-hydrogen) atoms. The van der Waals surface area contributed by atoms with E-state index in [9.17, 15) is 4.79 Å². The number of rotatable bonds is 7. The number of unbranched alkanes of at least 4 members (excludes halogenated alkanes) is 1. The number of carbonyl (C=O) groups is 1. The van der Waals surface area contributed by atoms with E-state index in [1.807, 2.05) is 0 Å². The maximum Gasteiger partial charge on any atom is 0.358 e. The van der Waals surface area contributed by atoms with Crippen LogP contribution in [0.1, 0.15) is 23.3 Å². The second-order valence-corrected chi connectivity index (χ2v) is 3.23. The lowest BCUT2D eigenvalue weighted by atomic mass is 10.3. The predicted molar refractivity (Wildman–Crippen MR) is 57.9 cm³/mol. The van der Waals surface area contributed by atoms with E-state index in [0.29, 0.717) is 13.1 Å². The summed E-state index contributed by atoms with van der Waals surface area (Å²) in [7, 11) is 0. The molecule has 1 rings (SSSR count). The van der Waals surface area contributed by atoms with Gasteiger partial charge in [0.05, 0.1) is 12.7 Å². The van der Waals surface area contributed by atoms with Crippen LogP contribution in [0.5, 0.6) is 0 Å². The molecule has 0 radical (unpaired) electrons. The molecule has 6 heteroatoms. The van der Waals surface area contributed by atoms with Gasteiger partial charge in [0.2, 0.25) is 0 Å². The fourth-order valence-electron chi connectivity index (χ4n) is 1.14. The fraction of sp³-hybridized carbons (Fsp3) is 0.500. The number of carboxylic acid groups (broad SMARTS) is 1. The number of carboxylic acids is 1. The van der Waals surface area contributed by atoms with Gasteiger partial charge in [-0.25, -0.2) is 4.79 Å². The van der Waals surface area contributed by atoms with Crippen LogP contribution in [0.25, 0.3) is 0 Å². The third-order valence-corrected chi connectivity index (χ3v) is 1.95. The van der Waals surface area contributed by atoms with Crippen LogP contribution in [0.15, 0.2) is 6.20 Å². The maximum atomic E-state index is 10.5. The first-order valence-corrected chi connectivity index (χ1v) is 5.01. The van der Waals surface area contributed by atoms with Gasteiger partial charge in [0, 0.05) is 13.0 Å². The maximum absolute atomic E-state index is 10.5. The van der Waals surface area contributed by atoms with Crippen molar-refractivity contribution in [2.24, 2.45) is 0 Å². The quantitative estimate of drug-likeness (QED) is 0.500. The summed E-state index contributed by atoms with van der Waals surface area (Å²) in [5.74, 6) is 1.50. The monoisotopic (exact) mass is 222 g/mol. The summed E-state index contributed by atoms with van der Waals surface area (Å²) in [5.41, 5.74) is -0.0349. The Hall–Kier alpha value is -1.87. The van der Waals surface area contributed by atoms with Crippen LogP contribution >= 0.6 is 0 Å². The SMILES string of the molecule is C#CCCCNCCn1cc(C(=O)O)nn1. The van der Waals surface area contributed by atoms with Crippen molar-refractivity contribution in [3.05, 3.63) is 11.9 Å². The van der Waals surface area contributed by atoms with Gasteiger partial charge in [-0.3, -0.25) is 4.68 Å². The Morgan fingerprint density at radius 1 is 1.62 bits per heavy atom. The molecule has 1 aromatic heterocycles. The van der Waals surface area contributed by atoms with Crippen molar-refractivity contribution in [3.8, 4) is 12.3 Å². The number of nitrogens with zero attached hydrogens (tertiary/aromatic N) is 3. The minimum absolute atomic E-state index is 0.0349. The molecule has 86 valence electrons. The Balaban J connectivity index is 2.17. The van der Waals surface area contributed by atoms with Crippen molar-refractivity contribution in [2.45, 2.75) is 19.4 Å². The topological polar surface area (TPSA) is 80.0 Å². The van der Waals surface area contributed by atoms with Gasteiger partial charge in [0.15, 0.2) is 5.69 Å². The lowest BCUT2D eigenvalue weighted by Gasteiger charge is -2.02. The van der Waals surface area contributed by atoms with E-state index in [1.165, 1.54) is 10.9 Å². The van der Waals surface area contributed by atoms with Crippen molar-refractivity contribution in [3.63, 3.8) is 0 Å². The zero-order valence-electron chi connectivity index (χ0n) is 8.89. The average Bonchev–Trinajstić information content (AvgIpc) is 2.72. The van der Waals surface area contributed by atoms with Crippen molar-refractivity contribution in [1.29, 1.82) is 0 Å². The molecule has 0 bridgehead atoms. The molecule has 0 saturated heterocycles. The van der Waals surface area contributed by atoms with Gasteiger partial charge in [-0.2, -0.15) is 0 Å². The molecule has 0 atom stereocenters. The molecule has 0 aliphatic rings. The van der Waals surface area contributed by atoms with Crippen LogP contribution < -0.4 is 5.32 Å². The van der Waals surface area contributed by atoms with Crippen LogP contribution in [-0.2, 0) is 6.54 Å². The molecule has 0 unspecified atom stereocenters. The predicted octanol–water partition coefficient (Wildman–Crippen LogP) is -0.0207. The number of terminal acetylenes is 1. The average molecular weight is 222 g/mol. The summed E-state index contributed by atoms with van der Waals surface area (Å²) < 4.78 is 1.50. The molecule has 0 aliphatic carbocycles. The molecule has 2 N–H and O–H groups in total. The molecule has 0 amide bonds. The largest absolute Gasteiger partial charge is 0.476 e. The lowest BCUT2D eigenvalue weighted by Crippen LogP contribution is -2.21. The highest BCUT2D eigenvalue weighted by atomic mass is 16.4. The summed E-state index contributed by atoms with van der Waals surface area (Å²) in [6, 6.07) is 0. The Morgan fingerprint density at radius 2 is 2.44 bits per heavy atom. The number of aromatic nitrogens is 3. The normalized spacial score (nSPS) is 9.94. The van der Waals surface area contributed by atoms with E-state index in [2.05, 4.69) is 21.5 Å². The molecular weight excluding hydrogens is 208 g/mol. The van der Waals surface area contributed by atoms with Crippen LogP contribution in [-0.4, -0.2) is 39.2 Å². The zero-order valence-corrected chi connectivity index (χ0v) is 8.89. The van der Waals surface area contributed by atoms with E-state index in [4.69, 9.17) is 11.5 Å². The van der Waals surface area contributed by atoms with E-state index < -0.39 is 5.97 Å². The molecule has 0 aromatic carbocycles. The molecule has 0 spiro atoms. The second kappa shape index (κ2) is 6.58. The summed E-state index contributed by atoms with van der Waals surface area (Å²) in [6.07, 6.45) is 8.22. The van der Waals surface area contributed by atoms with E-state index in [1.54, 1.807) is 0 Å².